The van der Waals surface area contributed by atoms with Crippen LogP contribution in [0.25, 0.3) is 0 Å². The SMILES string of the molecule is CC(C)(C)c1cc(SCC(=O)N(Cl)S(=O)(=O)c2cccc(C(=O)O)c2)cc(C(C)(C)C)c1O. The highest BCUT2D eigenvalue weighted by Crippen LogP contribution is 2.41. The van der Waals surface area contributed by atoms with Crippen molar-refractivity contribution in [2.45, 2.75) is 62.2 Å². The van der Waals surface area contributed by atoms with Gasteiger partial charge in [0.25, 0.3) is 15.9 Å². The average Bonchev–Trinajstić information content (AvgIpc) is 2.70. The molecule has 0 saturated heterocycles. The van der Waals surface area contributed by atoms with E-state index >= 15 is 0 Å². The zero-order valence-corrected chi connectivity index (χ0v) is 21.7. The van der Waals surface area contributed by atoms with Crippen LogP contribution in [-0.4, -0.2) is 40.1 Å². The summed E-state index contributed by atoms with van der Waals surface area (Å²) < 4.78 is 25.5. The highest BCUT2D eigenvalue weighted by molar-refractivity contribution is 8.00. The molecule has 0 spiro atoms. The Kier molecular flexibility index (Phi) is 7.83. The van der Waals surface area contributed by atoms with Gasteiger partial charge in [-0.05, 0) is 41.2 Å². The Hall–Kier alpha value is -2.23. The van der Waals surface area contributed by atoms with Crippen LogP contribution < -0.4 is 0 Å². The third-order valence-corrected chi connectivity index (χ3v) is 8.02. The molecule has 0 fully saturated rings. The number of benzene rings is 2. The Morgan fingerprint density at radius 2 is 1.52 bits per heavy atom. The van der Waals surface area contributed by atoms with Crippen LogP contribution >= 0.6 is 23.5 Å². The summed E-state index contributed by atoms with van der Waals surface area (Å²) in [7, 11) is -4.44. The Bertz CT molecular complexity index is 1150. The molecule has 2 N–H and O–H groups in total. The number of rotatable bonds is 6. The first-order valence-corrected chi connectivity index (χ1v) is 12.8. The van der Waals surface area contributed by atoms with Crippen molar-refractivity contribution in [3.05, 3.63) is 53.1 Å². The number of hydrogen-bond acceptors (Lipinski definition) is 6. The van der Waals surface area contributed by atoms with Gasteiger partial charge in [0.05, 0.1) is 16.2 Å². The lowest BCUT2D eigenvalue weighted by molar-refractivity contribution is -0.120. The molecule has 0 unspecified atom stereocenters. The van der Waals surface area contributed by atoms with Gasteiger partial charge in [-0.25, -0.2) is 4.79 Å². The smallest absolute Gasteiger partial charge is 0.335 e. The van der Waals surface area contributed by atoms with Gasteiger partial charge in [-0.15, -0.1) is 15.6 Å². The highest BCUT2D eigenvalue weighted by Gasteiger charge is 2.30. The molecule has 0 atom stereocenters. The minimum absolute atomic E-state index is 0.108. The van der Waals surface area contributed by atoms with Crippen molar-refractivity contribution in [2.24, 2.45) is 0 Å². The van der Waals surface area contributed by atoms with Crippen LogP contribution in [0.5, 0.6) is 5.75 Å². The van der Waals surface area contributed by atoms with Crippen LogP contribution in [0.3, 0.4) is 0 Å². The predicted octanol–water partition coefficient (Wildman–Crippen LogP) is 5.15. The Morgan fingerprint density at radius 1 is 1.00 bits per heavy atom. The minimum atomic E-state index is -4.44. The second-order valence-electron chi connectivity index (χ2n) is 9.60. The van der Waals surface area contributed by atoms with Crippen LogP contribution in [0.15, 0.2) is 46.2 Å². The van der Waals surface area contributed by atoms with E-state index in [0.717, 1.165) is 17.8 Å². The van der Waals surface area contributed by atoms with E-state index in [0.29, 0.717) is 16.0 Å². The van der Waals surface area contributed by atoms with E-state index in [9.17, 15) is 23.1 Å². The molecule has 0 saturated carbocycles. The number of phenols is 1. The topological polar surface area (TPSA) is 112 Å². The minimum Gasteiger partial charge on any atom is -0.507 e. The van der Waals surface area contributed by atoms with Gasteiger partial charge in [0, 0.05) is 27.8 Å². The summed E-state index contributed by atoms with van der Waals surface area (Å²) in [6.07, 6.45) is 0. The van der Waals surface area contributed by atoms with E-state index in [1.165, 1.54) is 18.2 Å². The largest absolute Gasteiger partial charge is 0.507 e. The molecular weight excluding hydrogens is 486 g/mol. The molecule has 33 heavy (non-hydrogen) atoms. The number of carboxylic acids is 1. The number of carboxylic acid groups (broad SMARTS) is 1. The zero-order valence-electron chi connectivity index (χ0n) is 19.3. The van der Waals surface area contributed by atoms with Gasteiger partial charge in [0.1, 0.15) is 5.75 Å². The van der Waals surface area contributed by atoms with Gasteiger partial charge in [-0.2, -0.15) is 8.42 Å². The molecule has 10 heteroatoms. The van der Waals surface area contributed by atoms with Crippen molar-refractivity contribution in [1.82, 2.24) is 3.82 Å². The molecule has 0 radical (unpaired) electrons. The van der Waals surface area contributed by atoms with Crippen LogP contribution in [0.4, 0.5) is 0 Å². The number of thioether (sulfide) groups is 1. The number of halogens is 1. The van der Waals surface area contributed by atoms with Crippen molar-refractivity contribution >= 4 is 45.4 Å². The van der Waals surface area contributed by atoms with E-state index in [2.05, 4.69) is 0 Å². The fraction of sp³-hybridized carbons (Fsp3) is 0.391. The summed E-state index contributed by atoms with van der Waals surface area (Å²) in [4.78, 5) is 24.0. The van der Waals surface area contributed by atoms with Gasteiger partial charge in [-0.3, -0.25) is 4.79 Å². The maximum atomic E-state index is 12.7. The zero-order chi connectivity index (χ0) is 25.4. The fourth-order valence-corrected chi connectivity index (χ4v) is 5.36. The number of hydrogen-bond donors (Lipinski definition) is 2. The maximum absolute atomic E-state index is 12.7. The molecule has 0 aliphatic rings. The lowest BCUT2D eigenvalue weighted by Gasteiger charge is -2.28. The lowest BCUT2D eigenvalue weighted by Crippen LogP contribution is -2.30. The molecule has 2 rings (SSSR count). The number of amides is 1. The molecule has 2 aromatic carbocycles. The van der Waals surface area contributed by atoms with Crippen LogP contribution in [0.1, 0.15) is 63.0 Å². The summed E-state index contributed by atoms with van der Waals surface area (Å²) in [5, 5.41) is 19.9. The van der Waals surface area contributed by atoms with Gasteiger partial charge in [0.2, 0.25) is 0 Å². The molecule has 0 aliphatic heterocycles. The van der Waals surface area contributed by atoms with Gasteiger partial charge < -0.3 is 10.2 Å². The van der Waals surface area contributed by atoms with Gasteiger partial charge in [0.15, 0.2) is 0 Å². The molecule has 7 nitrogen and oxygen atoms in total. The van der Waals surface area contributed by atoms with E-state index in [1.54, 1.807) is 12.1 Å². The lowest BCUT2D eigenvalue weighted by atomic mass is 9.79. The highest BCUT2D eigenvalue weighted by atomic mass is 35.5. The van der Waals surface area contributed by atoms with Crippen molar-refractivity contribution in [1.29, 1.82) is 0 Å². The summed E-state index contributed by atoms with van der Waals surface area (Å²) in [6.45, 7) is 11.8. The van der Waals surface area contributed by atoms with Gasteiger partial charge in [-0.1, -0.05) is 47.6 Å². The predicted molar refractivity (Wildman–Crippen MR) is 130 cm³/mol. The standard InChI is InChI=1S/C23H28ClNO6S2/c1-22(2,3)17-11-15(12-18(20(17)27)23(4,5)6)32-13-19(26)25(24)33(30,31)16-9-7-8-14(10-16)21(28)29/h7-12,27H,13H2,1-6H3,(H,28,29). The third kappa shape index (κ3) is 6.22. The Labute approximate surface area is 203 Å². The van der Waals surface area contributed by atoms with E-state index < -0.39 is 26.8 Å². The number of aromatic hydroxyl groups is 1. The normalized spacial score (nSPS) is 12.5. The number of carbonyl (C=O) groups is 2. The molecule has 0 aliphatic carbocycles. The number of carbonyl (C=O) groups excluding carboxylic acids is 1. The molecule has 0 aromatic heterocycles. The molecule has 0 bridgehead atoms. The first-order chi connectivity index (χ1) is 15.0. The number of aromatic carboxylic acids is 1. The number of nitrogens with zero attached hydrogens (tertiary/aromatic N) is 1. The molecule has 0 heterocycles. The van der Waals surface area contributed by atoms with Crippen molar-refractivity contribution in [3.8, 4) is 5.75 Å². The first-order valence-electron chi connectivity index (χ1n) is 10.0. The summed E-state index contributed by atoms with van der Waals surface area (Å²) >= 11 is 6.98. The van der Waals surface area contributed by atoms with Crippen LogP contribution in [-0.2, 0) is 25.6 Å². The molecular formula is C23H28ClNO6S2. The van der Waals surface area contributed by atoms with Crippen molar-refractivity contribution in [2.75, 3.05) is 5.75 Å². The van der Waals surface area contributed by atoms with Gasteiger partial charge >= 0.3 is 5.97 Å². The quantitative estimate of drug-likeness (QED) is 0.405. The second-order valence-corrected chi connectivity index (χ2v) is 13.0. The number of phenolic OH excluding ortho intramolecular Hbond substituents is 1. The monoisotopic (exact) mass is 513 g/mol. The third-order valence-electron chi connectivity index (χ3n) is 4.85. The van der Waals surface area contributed by atoms with Crippen molar-refractivity contribution < 1.29 is 28.2 Å². The second kappa shape index (κ2) is 9.56. The van der Waals surface area contributed by atoms with Crippen LogP contribution in [0.2, 0.25) is 0 Å². The Morgan fingerprint density at radius 3 is 1.97 bits per heavy atom. The summed E-state index contributed by atoms with van der Waals surface area (Å²) in [5.74, 6) is -2.26. The first kappa shape index (κ1) is 27.0. The van der Waals surface area contributed by atoms with Crippen molar-refractivity contribution in [3.63, 3.8) is 0 Å². The maximum Gasteiger partial charge on any atom is 0.335 e. The average molecular weight is 514 g/mol. The molecule has 1 amide bonds. The van der Waals surface area contributed by atoms with E-state index in [-0.39, 0.29) is 31.7 Å². The van der Waals surface area contributed by atoms with E-state index in [1.807, 2.05) is 41.5 Å². The number of sulfonamides is 1. The summed E-state index contributed by atoms with van der Waals surface area (Å²) in [5.41, 5.74) is 0.469. The molecule has 2 aromatic rings. The van der Waals surface area contributed by atoms with E-state index in [4.69, 9.17) is 16.9 Å². The molecule has 180 valence electrons. The summed E-state index contributed by atoms with van der Waals surface area (Å²) in [6, 6.07) is 8.18. The fourth-order valence-electron chi connectivity index (χ4n) is 3.05. The van der Waals surface area contributed by atoms with Crippen LogP contribution in [0, 0.1) is 0 Å². The Balaban J connectivity index is 2.31.